The molecule has 2 N–H and O–H groups in total. The topological polar surface area (TPSA) is 81.1 Å². The molecule has 1 aliphatic heterocycles. The molecule has 1 saturated heterocycles. The minimum absolute atomic E-state index is 0.0149. The summed E-state index contributed by atoms with van der Waals surface area (Å²) in [4.78, 5) is 26.7. The fourth-order valence-electron chi connectivity index (χ4n) is 2.71. The molecule has 0 aliphatic carbocycles. The van der Waals surface area contributed by atoms with E-state index in [1.807, 2.05) is 4.90 Å². The van der Waals surface area contributed by atoms with Gasteiger partial charge >= 0.3 is 5.97 Å². The van der Waals surface area contributed by atoms with E-state index in [1.165, 1.54) is 19.1 Å². The van der Waals surface area contributed by atoms with E-state index in [1.54, 1.807) is 17.0 Å². The van der Waals surface area contributed by atoms with Gasteiger partial charge in [0.25, 0.3) is 0 Å². The Bertz CT molecular complexity index is 532. The standard InChI is InChI=1S/C15H20N2O4/c1-11(18)16-6-3-7-17(9-8-16)14(15(20)21)12-4-2-5-13(19)10-12/h2,4-5,10,14,19H,3,6-9H2,1H3,(H,20,21)/t14-/m0/s1. The van der Waals surface area contributed by atoms with Gasteiger partial charge < -0.3 is 15.1 Å². The number of carboxylic acid groups (broad SMARTS) is 1. The normalized spacial score (nSPS) is 18.0. The van der Waals surface area contributed by atoms with E-state index in [-0.39, 0.29) is 11.7 Å². The van der Waals surface area contributed by atoms with Gasteiger partial charge in [0.15, 0.2) is 0 Å². The maximum absolute atomic E-state index is 11.6. The van der Waals surface area contributed by atoms with Gasteiger partial charge in [-0.2, -0.15) is 0 Å². The van der Waals surface area contributed by atoms with Gasteiger partial charge in [0.2, 0.25) is 5.91 Å². The second-order valence-electron chi connectivity index (χ2n) is 5.23. The van der Waals surface area contributed by atoms with Crippen LogP contribution in [0.1, 0.15) is 24.9 Å². The van der Waals surface area contributed by atoms with Crippen molar-refractivity contribution in [3.05, 3.63) is 29.8 Å². The molecule has 6 heteroatoms. The van der Waals surface area contributed by atoms with E-state index in [4.69, 9.17) is 0 Å². The van der Waals surface area contributed by atoms with E-state index in [0.717, 1.165) is 6.42 Å². The van der Waals surface area contributed by atoms with Crippen molar-refractivity contribution < 1.29 is 19.8 Å². The van der Waals surface area contributed by atoms with Crippen molar-refractivity contribution >= 4 is 11.9 Å². The van der Waals surface area contributed by atoms with Gasteiger partial charge in [-0.25, -0.2) is 0 Å². The fraction of sp³-hybridized carbons (Fsp3) is 0.467. The van der Waals surface area contributed by atoms with E-state index in [2.05, 4.69) is 0 Å². The maximum atomic E-state index is 11.6. The Kier molecular flexibility index (Phi) is 4.80. The molecular weight excluding hydrogens is 272 g/mol. The lowest BCUT2D eigenvalue weighted by Gasteiger charge is -2.27. The van der Waals surface area contributed by atoms with Crippen LogP contribution in [-0.2, 0) is 9.59 Å². The Morgan fingerprint density at radius 3 is 2.57 bits per heavy atom. The van der Waals surface area contributed by atoms with Gasteiger partial charge in [-0.3, -0.25) is 14.5 Å². The van der Waals surface area contributed by atoms with Crippen LogP contribution in [0.25, 0.3) is 0 Å². The molecule has 0 unspecified atom stereocenters. The molecule has 0 aromatic heterocycles. The summed E-state index contributed by atoms with van der Waals surface area (Å²) in [6, 6.07) is 5.53. The second-order valence-corrected chi connectivity index (χ2v) is 5.23. The van der Waals surface area contributed by atoms with E-state index < -0.39 is 12.0 Å². The number of phenolic OH excluding ortho intramolecular Hbond substituents is 1. The van der Waals surface area contributed by atoms with Crippen LogP contribution in [0.4, 0.5) is 0 Å². The molecule has 0 radical (unpaired) electrons. The monoisotopic (exact) mass is 292 g/mol. The van der Waals surface area contributed by atoms with Crippen LogP contribution in [-0.4, -0.2) is 58.1 Å². The molecule has 0 bridgehead atoms. The van der Waals surface area contributed by atoms with Crippen molar-refractivity contribution in [3.63, 3.8) is 0 Å². The predicted molar refractivity (Wildman–Crippen MR) is 76.9 cm³/mol. The summed E-state index contributed by atoms with van der Waals surface area (Å²) in [6.07, 6.45) is 0.738. The highest BCUT2D eigenvalue weighted by Crippen LogP contribution is 2.25. The molecule has 6 nitrogen and oxygen atoms in total. The van der Waals surface area contributed by atoms with Crippen molar-refractivity contribution in [3.8, 4) is 5.75 Å². The first-order valence-corrected chi connectivity index (χ1v) is 7.00. The van der Waals surface area contributed by atoms with E-state index in [0.29, 0.717) is 31.7 Å². The average Bonchev–Trinajstić information content (AvgIpc) is 2.64. The third-order valence-electron chi connectivity index (χ3n) is 3.76. The van der Waals surface area contributed by atoms with Crippen LogP contribution in [0.5, 0.6) is 5.75 Å². The summed E-state index contributed by atoms with van der Waals surface area (Å²) in [5, 5.41) is 19.1. The highest BCUT2D eigenvalue weighted by atomic mass is 16.4. The third-order valence-corrected chi connectivity index (χ3v) is 3.76. The molecule has 1 atom stereocenters. The molecule has 2 rings (SSSR count). The van der Waals surface area contributed by atoms with Crippen molar-refractivity contribution in [2.75, 3.05) is 26.2 Å². The third kappa shape index (κ3) is 3.72. The van der Waals surface area contributed by atoms with E-state index >= 15 is 0 Å². The van der Waals surface area contributed by atoms with Crippen LogP contribution >= 0.6 is 0 Å². The smallest absolute Gasteiger partial charge is 0.325 e. The number of hydrogen-bond acceptors (Lipinski definition) is 4. The average molecular weight is 292 g/mol. The number of amides is 1. The highest BCUT2D eigenvalue weighted by molar-refractivity contribution is 5.76. The number of hydrogen-bond donors (Lipinski definition) is 2. The number of phenols is 1. The number of aromatic hydroxyl groups is 1. The van der Waals surface area contributed by atoms with Crippen molar-refractivity contribution in [2.24, 2.45) is 0 Å². The van der Waals surface area contributed by atoms with Gasteiger partial charge in [-0.05, 0) is 24.1 Å². The van der Waals surface area contributed by atoms with Gasteiger partial charge in [0.05, 0.1) is 0 Å². The Morgan fingerprint density at radius 1 is 1.19 bits per heavy atom. The molecule has 1 aromatic carbocycles. The van der Waals surface area contributed by atoms with Crippen LogP contribution in [0.3, 0.4) is 0 Å². The summed E-state index contributed by atoms with van der Waals surface area (Å²) >= 11 is 0. The number of carbonyl (C=O) groups is 2. The Morgan fingerprint density at radius 2 is 1.95 bits per heavy atom. The lowest BCUT2D eigenvalue weighted by Crippen LogP contribution is -2.38. The lowest BCUT2D eigenvalue weighted by atomic mass is 10.0. The molecule has 1 aliphatic rings. The summed E-state index contributed by atoms with van der Waals surface area (Å²) in [7, 11) is 0. The van der Waals surface area contributed by atoms with Gasteiger partial charge in [-0.15, -0.1) is 0 Å². The second kappa shape index (κ2) is 6.58. The molecule has 1 heterocycles. The number of aliphatic carboxylic acids is 1. The largest absolute Gasteiger partial charge is 0.508 e. The zero-order chi connectivity index (χ0) is 15.4. The van der Waals surface area contributed by atoms with Crippen molar-refractivity contribution in [1.29, 1.82) is 0 Å². The number of rotatable bonds is 3. The van der Waals surface area contributed by atoms with E-state index in [9.17, 15) is 19.8 Å². The van der Waals surface area contributed by atoms with Gasteiger partial charge in [0, 0.05) is 33.1 Å². The van der Waals surface area contributed by atoms with Crippen LogP contribution in [0.15, 0.2) is 24.3 Å². The number of carbonyl (C=O) groups excluding carboxylic acids is 1. The van der Waals surface area contributed by atoms with Crippen molar-refractivity contribution in [1.82, 2.24) is 9.80 Å². The summed E-state index contributed by atoms with van der Waals surface area (Å²) in [6.45, 7) is 3.82. The Balaban J connectivity index is 2.19. The zero-order valence-electron chi connectivity index (χ0n) is 12.0. The molecule has 21 heavy (non-hydrogen) atoms. The van der Waals surface area contributed by atoms with Crippen LogP contribution < -0.4 is 0 Å². The zero-order valence-corrected chi connectivity index (χ0v) is 12.0. The van der Waals surface area contributed by atoms with Gasteiger partial charge in [0.1, 0.15) is 11.8 Å². The molecule has 0 saturated carbocycles. The van der Waals surface area contributed by atoms with Crippen molar-refractivity contribution in [2.45, 2.75) is 19.4 Å². The maximum Gasteiger partial charge on any atom is 0.325 e. The highest BCUT2D eigenvalue weighted by Gasteiger charge is 2.29. The summed E-state index contributed by atoms with van der Waals surface area (Å²) in [5.41, 5.74) is 0.554. The summed E-state index contributed by atoms with van der Waals surface area (Å²) in [5.74, 6) is -0.878. The lowest BCUT2D eigenvalue weighted by molar-refractivity contribution is -0.143. The minimum atomic E-state index is -0.947. The molecule has 1 amide bonds. The molecule has 0 spiro atoms. The molecule has 1 fully saturated rings. The minimum Gasteiger partial charge on any atom is -0.508 e. The number of carboxylic acids is 1. The SMILES string of the molecule is CC(=O)N1CCCN([C@H](C(=O)O)c2cccc(O)c2)CC1. The molecule has 114 valence electrons. The fourth-order valence-corrected chi connectivity index (χ4v) is 2.71. The Labute approximate surface area is 123 Å². The van der Waals surface area contributed by atoms with Crippen LogP contribution in [0.2, 0.25) is 0 Å². The number of nitrogens with zero attached hydrogens (tertiary/aromatic N) is 2. The predicted octanol–water partition coefficient (Wildman–Crippen LogP) is 1.07. The first kappa shape index (κ1) is 15.3. The first-order chi connectivity index (χ1) is 9.99. The molecule has 1 aromatic rings. The van der Waals surface area contributed by atoms with Crippen LogP contribution in [0, 0.1) is 0 Å². The Hall–Kier alpha value is -2.08. The first-order valence-electron chi connectivity index (χ1n) is 7.00. The summed E-state index contributed by atoms with van der Waals surface area (Å²) < 4.78 is 0. The molecular formula is C15H20N2O4. The van der Waals surface area contributed by atoms with Gasteiger partial charge in [-0.1, -0.05) is 12.1 Å². The number of benzene rings is 1. The quantitative estimate of drug-likeness (QED) is 0.871.